The average molecular weight is 545 g/mol. The largest absolute Gasteiger partial charge is 0.434 e. The van der Waals surface area contributed by atoms with Crippen molar-refractivity contribution in [2.24, 2.45) is 0 Å². The first-order valence-electron chi connectivity index (χ1n) is 12.2. The molecule has 0 amide bonds. The van der Waals surface area contributed by atoms with Crippen molar-refractivity contribution in [2.75, 3.05) is 0 Å². The van der Waals surface area contributed by atoms with Gasteiger partial charge in [-0.2, -0.15) is 9.57 Å². The Bertz CT molecular complexity index is 1560. The summed E-state index contributed by atoms with van der Waals surface area (Å²) in [6.45, 7) is 1.37. The number of aromatic nitrogens is 2. The number of H-pyrrole nitrogens is 1. The van der Waals surface area contributed by atoms with Crippen molar-refractivity contribution in [1.29, 1.82) is 5.26 Å². The number of aromatic amines is 1. The maximum absolute atomic E-state index is 15.6. The third-order valence-corrected chi connectivity index (χ3v) is 10.1. The maximum Gasteiger partial charge on any atom is 0.434 e. The van der Waals surface area contributed by atoms with E-state index in [1.54, 1.807) is 37.3 Å². The Morgan fingerprint density at radius 1 is 1.21 bits per heavy atom. The van der Waals surface area contributed by atoms with Gasteiger partial charge in [0.2, 0.25) is 15.9 Å². The molecule has 38 heavy (non-hydrogen) atoms. The Balaban J connectivity index is 1.49. The van der Waals surface area contributed by atoms with Crippen LogP contribution in [0.1, 0.15) is 66.9 Å². The molecule has 3 aromatic rings. The van der Waals surface area contributed by atoms with Crippen LogP contribution in [0.15, 0.2) is 51.7 Å². The highest BCUT2D eigenvalue weighted by Gasteiger charge is 2.60. The quantitative estimate of drug-likeness (QED) is 0.485. The van der Waals surface area contributed by atoms with E-state index in [9.17, 15) is 18.3 Å². The third kappa shape index (κ3) is 4.34. The first kappa shape index (κ1) is 26.2. The minimum Gasteiger partial charge on any atom is -0.391 e. The summed E-state index contributed by atoms with van der Waals surface area (Å²) in [6, 6.07) is 12.1. The molecule has 1 aliphatic heterocycles. The summed E-state index contributed by atoms with van der Waals surface area (Å²) < 4.78 is 64.5. The number of nitrogens with zero attached hydrogens (tertiary/aromatic N) is 3. The molecule has 5 rings (SSSR count). The Hall–Kier alpha value is -3.40. The highest BCUT2D eigenvalue weighted by Crippen LogP contribution is 2.55. The van der Waals surface area contributed by atoms with Crippen LogP contribution in [0.3, 0.4) is 0 Å². The van der Waals surface area contributed by atoms with E-state index >= 15 is 8.78 Å². The number of hydrogen-bond donors (Lipinski definition) is 2. The van der Waals surface area contributed by atoms with Gasteiger partial charge in [-0.1, -0.05) is 30.3 Å². The number of halogens is 2. The van der Waals surface area contributed by atoms with E-state index in [0.29, 0.717) is 18.4 Å². The minimum absolute atomic E-state index is 0.152. The van der Waals surface area contributed by atoms with E-state index in [1.807, 2.05) is 6.07 Å². The molecule has 12 heteroatoms. The molecule has 2 aliphatic rings. The molecule has 0 radical (unpaired) electrons. The average Bonchev–Trinajstić information content (AvgIpc) is 3.29. The van der Waals surface area contributed by atoms with Crippen LogP contribution in [-0.4, -0.2) is 39.7 Å². The fourth-order valence-corrected chi connectivity index (χ4v) is 8.02. The minimum atomic E-state index is -3.87. The summed E-state index contributed by atoms with van der Waals surface area (Å²) >= 11 is 0. The van der Waals surface area contributed by atoms with E-state index in [1.165, 1.54) is 4.31 Å². The van der Waals surface area contributed by atoms with Crippen molar-refractivity contribution < 1.29 is 26.7 Å². The predicted octanol–water partition coefficient (Wildman–Crippen LogP) is 3.42. The van der Waals surface area contributed by atoms with Gasteiger partial charge >= 0.3 is 5.76 Å². The number of benzene rings is 2. The Labute approximate surface area is 217 Å². The molecule has 1 saturated carbocycles. The summed E-state index contributed by atoms with van der Waals surface area (Å²) in [5.74, 6) is -2.84. The number of aliphatic hydroxyl groups is 1. The van der Waals surface area contributed by atoms with Gasteiger partial charge in [-0.05, 0) is 50.3 Å². The van der Waals surface area contributed by atoms with Gasteiger partial charge in [0.15, 0.2) is 0 Å². The lowest BCUT2D eigenvalue weighted by Gasteiger charge is -2.50. The molecular weight excluding hydrogens is 518 g/mol. The van der Waals surface area contributed by atoms with Gasteiger partial charge in [0.05, 0.1) is 23.5 Å². The van der Waals surface area contributed by atoms with Gasteiger partial charge in [0, 0.05) is 23.7 Å². The molecule has 200 valence electrons. The number of nitriles is 1. The summed E-state index contributed by atoms with van der Waals surface area (Å²) in [6.07, 6.45) is 0.294. The standard InChI is InChI=1S/C26H26F2N4O5S/c1-16-7-8-22(17-5-3-2-4-6-17)38(35,36)32(16)13-18-11-21(28)19(12-20(18)27)26(23-30-31-24(33)37-23)14-25(34,15-26)9-10-29/h2-6,11-12,16,22,34H,7-9,13-15H2,1H3,(H,31,33)/t16-,22+,25-,26-/m0/s1. The van der Waals surface area contributed by atoms with Crippen LogP contribution in [0, 0.1) is 23.0 Å². The summed E-state index contributed by atoms with van der Waals surface area (Å²) in [7, 11) is -3.87. The van der Waals surface area contributed by atoms with E-state index in [0.717, 1.165) is 12.1 Å². The molecule has 1 aliphatic carbocycles. The lowest BCUT2D eigenvalue weighted by molar-refractivity contribution is -0.0819. The first-order chi connectivity index (χ1) is 18.0. The Morgan fingerprint density at radius 3 is 2.55 bits per heavy atom. The second-order valence-electron chi connectivity index (χ2n) is 10.3. The zero-order valence-electron chi connectivity index (χ0n) is 20.5. The molecule has 9 nitrogen and oxygen atoms in total. The topological polar surface area (TPSA) is 140 Å². The number of hydrogen-bond acceptors (Lipinski definition) is 7. The lowest BCUT2D eigenvalue weighted by Crippen LogP contribution is -2.55. The molecule has 2 aromatic carbocycles. The number of sulfonamides is 1. The second kappa shape index (κ2) is 9.41. The number of nitrogens with one attached hydrogen (secondary N) is 1. The van der Waals surface area contributed by atoms with Gasteiger partial charge in [-0.25, -0.2) is 27.1 Å². The van der Waals surface area contributed by atoms with Gasteiger partial charge in [-0.15, -0.1) is 5.10 Å². The molecule has 2 fully saturated rings. The Kier molecular flexibility index (Phi) is 6.49. The molecule has 2 N–H and O–H groups in total. The Morgan fingerprint density at radius 2 is 1.92 bits per heavy atom. The van der Waals surface area contributed by atoms with Crippen LogP contribution in [-0.2, 0) is 22.0 Å². The zero-order chi connectivity index (χ0) is 27.3. The van der Waals surface area contributed by atoms with Crippen LogP contribution >= 0.6 is 0 Å². The van der Waals surface area contributed by atoms with Gasteiger partial charge in [-0.3, -0.25) is 0 Å². The van der Waals surface area contributed by atoms with Gasteiger partial charge in [0.1, 0.15) is 16.9 Å². The van der Waals surface area contributed by atoms with Crippen molar-refractivity contribution in [2.45, 2.75) is 67.9 Å². The summed E-state index contributed by atoms with van der Waals surface area (Å²) in [5, 5.41) is 24.8. The maximum atomic E-state index is 15.6. The van der Waals surface area contributed by atoms with Crippen molar-refractivity contribution >= 4 is 10.0 Å². The van der Waals surface area contributed by atoms with Gasteiger partial charge < -0.3 is 9.52 Å². The van der Waals surface area contributed by atoms with Crippen molar-refractivity contribution in [1.82, 2.24) is 14.5 Å². The molecular formula is C26H26F2N4O5S. The molecule has 2 heterocycles. The van der Waals surface area contributed by atoms with Crippen LogP contribution in [0.2, 0.25) is 0 Å². The first-order valence-corrected chi connectivity index (χ1v) is 13.7. The van der Waals surface area contributed by atoms with Crippen LogP contribution < -0.4 is 5.76 Å². The molecule has 0 unspecified atom stereocenters. The highest BCUT2D eigenvalue weighted by atomic mass is 32.2. The van der Waals surface area contributed by atoms with Crippen LogP contribution in [0.25, 0.3) is 0 Å². The molecule has 1 aromatic heterocycles. The monoisotopic (exact) mass is 544 g/mol. The second-order valence-corrected chi connectivity index (χ2v) is 12.3. The molecule has 1 saturated heterocycles. The van der Waals surface area contributed by atoms with Crippen molar-refractivity contribution in [3.63, 3.8) is 0 Å². The van der Waals surface area contributed by atoms with Crippen LogP contribution in [0.4, 0.5) is 8.78 Å². The van der Waals surface area contributed by atoms with E-state index in [-0.39, 0.29) is 42.8 Å². The SMILES string of the molecule is C[C@H]1CC[C@H](c2ccccc2)S(=O)(=O)N1Cc1cc(F)c([C@]2(c3n[nH]c(=O)o3)C[C@@](O)(CC#N)C2)cc1F. The predicted molar refractivity (Wildman–Crippen MR) is 131 cm³/mol. The fraction of sp³-hybridized carbons (Fsp3) is 0.423. The van der Waals surface area contributed by atoms with E-state index in [4.69, 9.17) is 9.68 Å². The third-order valence-electron chi connectivity index (χ3n) is 7.69. The van der Waals surface area contributed by atoms with Crippen LogP contribution in [0.5, 0.6) is 0 Å². The highest BCUT2D eigenvalue weighted by molar-refractivity contribution is 7.89. The van der Waals surface area contributed by atoms with E-state index < -0.39 is 49.7 Å². The lowest BCUT2D eigenvalue weighted by atomic mass is 9.55. The summed E-state index contributed by atoms with van der Waals surface area (Å²) in [4.78, 5) is 11.6. The smallest absolute Gasteiger partial charge is 0.391 e. The normalized spacial score (nSPS) is 28.9. The summed E-state index contributed by atoms with van der Waals surface area (Å²) in [5.41, 5.74) is -2.67. The van der Waals surface area contributed by atoms with Gasteiger partial charge in [0.25, 0.3) is 0 Å². The fourth-order valence-electron chi connectivity index (χ4n) is 5.83. The molecule has 0 bridgehead atoms. The van der Waals surface area contributed by atoms with E-state index in [2.05, 4.69) is 10.2 Å². The zero-order valence-corrected chi connectivity index (χ0v) is 21.3. The molecule has 0 spiro atoms. The van der Waals surface area contributed by atoms with Crippen molar-refractivity contribution in [3.05, 3.63) is 87.2 Å². The molecule has 2 atom stereocenters. The van der Waals surface area contributed by atoms with Crippen molar-refractivity contribution in [3.8, 4) is 6.07 Å². The number of rotatable bonds is 6.